The van der Waals surface area contributed by atoms with Gasteiger partial charge in [-0.25, -0.2) is 0 Å². The predicted octanol–water partition coefficient (Wildman–Crippen LogP) is 2.95. The van der Waals surface area contributed by atoms with Crippen LogP contribution in [0.2, 0.25) is 0 Å². The summed E-state index contributed by atoms with van der Waals surface area (Å²) in [6.07, 6.45) is 1.61. The first-order chi connectivity index (χ1) is 14.0. The zero-order valence-corrected chi connectivity index (χ0v) is 16.4. The summed E-state index contributed by atoms with van der Waals surface area (Å²) in [5, 5.41) is 2.77. The van der Waals surface area contributed by atoms with E-state index in [1.807, 2.05) is 12.1 Å². The second-order valence-electron chi connectivity index (χ2n) is 6.69. The van der Waals surface area contributed by atoms with Crippen molar-refractivity contribution in [2.24, 2.45) is 0 Å². The summed E-state index contributed by atoms with van der Waals surface area (Å²) < 4.78 is 15.6. The van der Waals surface area contributed by atoms with Gasteiger partial charge >= 0.3 is 5.97 Å². The summed E-state index contributed by atoms with van der Waals surface area (Å²) in [4.78, 5) is 35.8. The highest BCUT2D eigenvalue weighted by molar-refractivity contribution is 6.00. The second-order valence-corrected chi connectivity index (χ2v) is 6.69. The fourth-order valence-corrected chi connectivity index (χ4v) is 3.14. The average molecular weight is 397 g/mol. The number of ether oxygens (including phenoxy) is 3. The number of Topliss-reactive ketones (excluding diaryl/α,β-unsaturated/α-hetero) is 1. The fraction of sp³-hybridized carbons (Fsp3) is 0.318. The van der Waals surface area contributed by atoms with Crippen LogP contribution in [0.15, 0.2) is 36.4 Å². The Hall–Kier alpha value is -3.35. The first-order valence-electron chi connectivity index (χ1n) is 9.32. The summed E-state index contributed by atoms with van der Waals surface area (Å²) in [6, 6.07) is 10.5. The number of anilines is 1. The van der Waals surface area contributed by atoms with E-state index in [-0.39, 0.29) is 24.7 Å². The molecule has 2 aromatic carbocycles. The number of hydrogen-bond donors (Lipinski definition) is 1. The lowest BCUT2D eigenvalue weighted by atomic mass is 9.99. The molecular formula is C22H23NO6. The van der Waals surface area contributed by atoms with E-state index in [4.69, 9.17) is 14.2 Å². The smallest absolute Gasteiger partial charge is 0.306 e. The minimum Gasteiger partial charge on any atom is -0.493 e. The number of rotatable bonds is 8. The van der Waals surface area contributed by atoms with E-state index in [0.29, 0.717) is 36.3 Å². The Morgan fingerprint density at radius 2 is 1.79 bits per heavy atom. The highest BCUT2D eigenvalue weighted by atomic mass is 16.5. The van der Waals surface area contributed by atoms with Crippen molar-refractivity contribution >= 4 is 23.3 Å². The first-order valence-corrected chi connectivity index (χ1v) is 9.32. The van der Waals surface area contributed by atoms with Crippen molar-refractivity contribution in [2.45, 2.75) is 25.7 Å². The van der Waals surface area contributed by atoms with Crippen LogP contribution in [0.25, 0.3) is 0 Å². The van der Waals surface area contributed by atoms with Gasteiger partial charge in [-0.1, -0.05) is 6.07 Å². The Morgan fingerprint density at radius 3 is 2.55 bits per heavy atom. The summed E-state index contributed by atoms with van der Waals surface area (Å²) in [5.74, 6) is 0.466. The molecule has 0 saturated heterocycles. The van der Waals surface area contributed by atoms with Gasteiger partial charge in [-0.15, -0.1) is 0 Å². The van der Waals surface area contributed by atoms with Gasteiger partial charge in [-0.3, -0.25) is 14.4 Å². The van der Waals surface area contributed by atoms with Gasteiger partial charge in [0, 0.05) is 24.1 Å². The number of nitrogens with one attached hydrogen (secondary N) is 1. The molecule has 0 unspecified atom stereocenters. The molecule has 152 valence electrons. The summed E-state index contributed by atoms with van der Waals surface area (Å²) in [5.41, 5.74) is 3.01. The molecule has 1 amide bonds. The topological polar surface area (TPSA) is 90.9 Å². The molecule has 1 heterocycles. The zero-order chi connectivity index (χ0) is 20.8. The van der Waals surface area contributed by atoms with Crippen LogP contribution in [0, 0.1) is 0 Å². The van der Waals surface area contributed by atoms with E-state index in [1.165, 1.54) is 0 Å². The van der Waals surface area contributed by atoms with Crippen LogP contribution in [0.4, 0.5) is 5.69 Å². The van der Waals surface area contributed by atoms with Crippen LogP contribution < -0.4 is 14.8 Å². The molecule has 0 atom stereocenters. The standard InChI is InChI=1S/C22H23NO6/c1-27-19-8-3-14(11-20(19)28-2)4-10-22(26)29-13-18(24)16-5-7-17-15(12-16)6-9-21(25)23-17/h3,5,7-8,11-12H,4,6,9-10,13H2,1-2H3,(H,23,25). The third kappa shape index (κ3) is 5.13. The van der Waals surface area contributed by atoms with Gasteiger partial charge in [0.15, 0.2) is 23.9 Å². The minimum atomic E-state index is -0.446. The summed E-state index contributed by atoms with van der Waals surface area (Å²) >= 11 is 0. The quantitative estimate of drug-likeness (QED) is 0.544. The SMILES string of the molecule is COc1ccc(CCC(=O)OCC(=O)c2ccc3c(c2)CCC(=O)N3)cc1OC. The van der Waals surface area contributed by atoms with Crippen molar-refractivity contribution in [3.63, 3.8) is 0 Å². The number of carbonyl (C=O) groups is 3. The number of amides is 1. The van der Waals surface area contributed by atoms with Crippen molar-refractivity contribution in [2.75, 3.05) is 26.1 Å². The molecule has 0 bridgehead atoms. The molecular weight excluding hydrogens is 374 g/mol. The molecule has 1 aliphatic rings. The first kappa shape index (κ1) is 20.4. The van der Waals surface area contributed by atoms with E-state index >= 15 is 0 Å². The number of hydrogen-bond acceptors (Lipinski definition) is 6. The van der Waals surface area contributed by atoms with E-state index in [2.05, 4.69) is 5.32 Å². The van der Waals surface area contributed by atoms with E-state index in [1.54, 1.807) is 38.5 Å². The summed E-state index contributed by atoms with van der Waals surface area (Å²) in [6.45, 7) is -0.310. The van der Waals surface area contributed by atoms with Crippen LogP contribution in [0.1, 0.15) is 34.3 Å². The maximum atomic E-state index is 12.3. The van der Waals surface area contributed by atoms with Crippen molar-refractivity contribution < 1.29 is 28.6 Å². The lowest BCUT2D eigenvalue weighted by Gasteiger charge is -2.17. The number of fused-ring (bicyclic) bond motifs is 1. The van der Waals surface area contributed by atoms with Gasteiger partial charge in [0.25, 0.3) is 0 Å². The third-order valence-corrected chi connectivity index (χ3v) is 4.75. The molecule has 0 saturated carbocycles. The highest BCUT2D eigenvalue weighted by Gasteiger charge is 2.17. The van der Waals surface area contributed by atoms with Crippen molar-refractivity contribution in [1.29, 1.82) is 0 Å². The number of carbonyl (C=O) groups excluding carboxylic acids is 3. The van der Waals surface area contributed by atoms with Gasteiger partial charge in [0.1, 0.15) is 0 Å². The maximum absolute atomic E-state index is 12.3. The predicted molar refractivity (Wildman–Crippen MR) is 107 cm³/mol. The highest BCUT2D eigenvalue weighted by Crippen LogP contribution is 2.28. The monoisotopic (exact) mass is 397 g/mol. The van der Waals surface area contributed by atoms with Crippen LogP contribution >= 0.6 is 0 Å². The fourth-order valence-electron chi connectivity index (χ4n) is 3.14. The number of methoxy groups -OCH3 is 2. The Morgan fingerprint density at radius 1 is 1.00 bits per heavy atom. The molecule has 29 heavy (non-hydrogen) atoms. The van der Waals surface area contributed by atoms with Crippen LogP contribution in [-0.2, 0) is 27.2 Å². The molecule has 0 spiro atoms. The van der Waals surface area contributed by atoms with E-state index in [9.17, 15) is 14.4 Å². The number of esters is 1. The Labute approximate surface area is 169 Å². The maximum Gasteiger partial charge on any atom is 0.306 e. The molecule has 0 aliphatic carbocycles. The van der Waals surface area contributed by atoms with Crippen LogP contribution in [0.3, 0.4) is 0 Å². The lowest BCUT2D eigenvalue weighted by Crippen LogP contribution is -2.20. The second kappa shape index (κ2) is 9.23. The van der Waals surface area contributed by atoms with Crippen molar-refractivity contribution in [1.82, 2.24) is 0 Å². The number of benzene rings is 2. The molecule has 1 N–H and O–H groups in total. The lowest BCUT2D eigenvalue weighted by molar-refractivity contribution is -0.142. The molecule has 1 aliphatic heterocycles. The minimum absolute atomic E-state index is 0.0278. The third-order valence-electron chi connectivity index (χ3n) is 4.75. The summed E-state index contributed by atoms with van der Waals surface area (Å²) in [7, 11) is 3.11. The van der Waals surface area contributed by atoms with Gasteiger partial charge in [0.05, 0.1) is 14.2 Å². The largest absolute Gasteiger partial charge is 0.493 e. The molecule has 2 aromatic rings. The van der Waals surface area contributed by atoms with E-state index < -0.39 is 5.97 Å². The molecule has 3 rings (SSSR count). The van der Waals surface area contributed by atoms with Gasteiger partial charge in [-0.2, -0.15) is 0 Å². The normalized spacial score (nSPS) is 12.6. The van der Waals surface area contributed by atoms with Crippen molar-refractivity contribution in [3.05, 3.63) is 53.1 Å². The van der Waals surface area contributed by atoms with Crippen LogP contribution in [0.5, 0.6) is 11.5 Å². The molecule has 0 aromatic heterocycles. The zero-order valence-electron chi connectivity index (χ0n) is 16.4. The molecule has 7 heteroatoms. The Kier molecular flexibility index (Phi) is 6.49. The van der Waals surface area contributed by atoms with Gasteiger partial charge in [0.2, 0.25) is 5.91 Å². The van der Waals surface area contributed by atoms with Gasteiger partial charge in [-0.05, 0) is 54.3 Å². The Balaban J connectivity index is 1.50. The molecule has 0 radical (unpaired) electrons. The van der Waals surface area contributed by atoms with E-state index in [0.717, 1.165) is 16.8 Å². The molecule has 0 fully saturated rings. The van der Waals surface area contributed by atoms with Crippen LogP contribution in [-0.4, -0.2) is 38.5 Å². The molecule has 7 nitrogen and oxygen atoms in total. The average Bonchev–Trinajstić information content (AvgIpc) is 2.75. The Bertz CT molecular complexity index is 937. The number of ketones is 1. The van der Waals surface area contributed by atoms with Gasteiger partial charge < -0.3 is 19.5 Å². The van der Waals surface area contributed by atoms with Crippen molar-refractivity contribution in [3.8, 4) is 11.5 Å². The number of aryl methyl sites for hydroxylation is 2.